The molecule has 1 aromatic rings. The van der Waals surface area contributed by atoms with Gasteiger partial charge in [0.1, 0.15) is 17.7 Å². The highest BCUT2D eigenvalue weighted by atomic mass is 16.4. The van der Waals surface area contributed by atoms with Gasteiger partial charge < -0.3 is 10.4 Å². The zero-order chi connectivity index (χ0) is 12.8. The van der Waals surface area contributed by atoms with Gasteiger partial charge in [0, 0.05) is 12.7 Å². The predicted molar refractivity (Wildman–Crippen MR) is 68.7 cm³/mol. The first kappa shape index (κ1) is 12.8. The zero-order valence-electron chi connectivity index (χ0n) is 10.4. The van der Waals surface area contributed by atoms with E-state index in [1.807, 2.05) is 0 Å². The zero-order valence-corrected chi connectivity index (χ0v) is 10.4. The first-order chi connectivity index (χ1) is 8.77. The highest BCUT2D eigenvalue weighted by Crippen LogP contribution is 2.26. The van der Waals surface area contributed by atoms with Crippen molar-refractivity contribution in [2.45, 2.75) is 38.5 Å². The molecular formula is C13H19N3O2. The first-order valence-electron chi connectivity index (χ1n) is 6.54. The first-order valence-corrected chi connectivity index (χ1v) is 6.54. The second-order valence-electron chi connectivity index (χ2n) is 4.81. The molecule has 5 nitrogen and oxygen atoms in total. The molecule has 0 spiro atoms. The molecule has 0 radical (unpaired) electrons. The van der Waals surface area contributed by atoms with Crippen LogP contribution in [-0.4, -0.2) is 27.6 Å². The number of aromatic carboxylic acids is 1. The normalized spacial score (nSPS) is 16.4. The molecule has 0 aromatic carbocycles. The molecule has 1 heterocycles. The number of nitrogens with zero attached hydrogens (tertiary/aromatic N) is 2. The number of nitrogens with one attached hydrogen (secondary N) is 1. The van der Waals surface area contributed by atoms with Gasteiger partial charge in [-0.2, -0.15) is 0 Å². The summed E-state index contributed by atoms with van der Waals surface area (Å²) in [5.74, 6) is 0.213. The van der Waals surface area contributed by atoms with Gasteiger partial charge in [0.25, 0.3) is 0 Å². The Bertz CT molecular complexity index is 403. The van der Waals surface area contributed by atoms with E-state index in [1.54, 1.807) is 0 Å². The fourth-order valence-electron chi connectivity index (χ4n) is 2.50. The molecule has 1 fully saturated rings. The topological polar surface area (TPSA) is 75.1 Å². The Hall–Kier alpha value is -1.65. The van der Waals surface area contributed by atoms with Gasteiger partial charge in [-0.25, -0.2) is 14.8 Å². The Kier molecular flexibility index (Phi) is 4.50. The minimum Gasteiger partial charge on any atom is -0.477 e. The standard InChI is InChI=1S/C13H19N3O2/c17-13(18)11-8-14-9-16-12(11)15-7-6-10-4-2-1-3-5-10/h8-10H,1-7H2,(H,17,18)(H,14,15,16). The van der Waals surface area contributed by atoms with Crippen molar-refractivity contribution in [3.8, 4) is 0 Å². The molecule has 1 aliphatic rings. The summed E-state index contributed by atoms with van der Waals surface area (Å²) in [4.78, 5) is 18.7. The van der Waals surface area contributed by atoms with Crippen LogP contribution in [-0.2, 0) is 0 Å². The van der Waals surface area contributed by atoms with Crippen LogP contribution < -0.4 is 5.32 Å². The van der Waals surface area contributed by atoms with Crippen molar-refractivity contribution in [3.63, 3.8) is 0 Å². The Morgan fingerprint density at radius 2 is 2.17 bits per heavy atom. The van der Waals surface area contributed by atoms with Crippen LogP contribution in [0.25, 0.3) is 0 Å². The highest BCUT2D eigenvalue weighted by molar-refractivity contribution is 5.92. The molecule has 1 saturated carbocycles. The molecule has 0 unspecified atom stereocenters. The maximum absolute atomic E-state index is 11.0. The van der Waals surface area contributed by atoms with Crippen molar-refractivity contribution in [3.05, 3.63) is 18.1 Å². The molecule has 1 aliphatic carbocycles. The van der Waals surface area contributed by atoms with Gasteiger partial charge in [0.2, 0.25) is 0 Å². The molecule has 0 atom stereocenters. The third kappa shape index (κ3) is 3.42. The smallest absolute Gasteiger partial charge is 0.341 e. The van der Waals surface area contributed by atoms with Crippen molar-refractivity contribution in [1.29, 1.82) is 0 Å². The fraction of sp³-hybridized carbons (Fsp3) is 0.615. The van der Waals surface area contributed by atoms with E-state index >= 15 is 0 Å². The number of carbonyl (C=O) groups is 1. The van der Waals surface area contributed by atoms with Crippen LogP contribution in [0.15, 0.2) is 12.5 Å². The lowest BCUT2D eigenvalue weighted by molar-refractivity contribution is 0.0697. The quantitative estimate of drug-likeness (QED) is 0.838. The van der Waals surface area contributed by atoms with E-state index in [0.29, 0.717) is 5.82 Å². The summed E-state index contributed by atoms with van der Waals surface area (Å²) in [5, 5.41) is 12.1. The van der Waals surface area contributed by atoms with E-state index in [1.165, 1.54) is 44.6 Å². The number of carboxylic acid groups (broad SMARTS) is 1. The number of hydrogen-bond acceptors (Lipinski definition) is 4. The average molecular weight is 249 g/mol. The number of aromatic nitrogens is 2. The summed E-state index contributed by atoms with van der Waals surface area (Å²) in [5.41, 5.74) is 0.140. The Labute approximate surface area is 107 Å². The lowest BCUT2D eigenvalue weighted by atomic mass is 9.87. The van der Waals surface area contributed by atoms with Crippen LogP contribution >= 0.6 is 0 Å². The summed E-state index contributed by atoms with van der Waals surface area (Å²) >= 11 is 0. The summed E-state index contributed by atoms with van der Waals surface area (Å²) < 4.78 is 0. The lowest BCUT2D eigenvalue weighted by Gasteiger charge is -2.21. The van der Waals surface area contributed by atoms with Gasteiger partial charge in [-0.05, 0) is 12.3 Å². The summed E-state index contributed by atoms with van der Waals surface area (Å²) in [6.45, 7) is 0.780. The summed E-state index contributed by atoms with van der Waals surface area (Å²) in [6, 6.07) is 0. The van der Waals surface area contributed by atoms with Crippen molar-refractivity contribution >= 4 is 11.8 Å². The number of anilines is 1. The Morgan fingerprint density at radius 3 is 2.89 bits per heavy atom. The highest BCUT2D eigenvalue weighted by Gasteiger charge is 2.14. The van der Waals surface area contributed by atoms with Crippen LogP contribution in [0.5, 0.6) is 0 Å². The van der Waals surface area contributed by atoms with Crippen molar-refractivity contribution in [1.82, 2.24) is 9.97 Å². The number of rotatable bonds is 5. The predicted octanol–water partition coefficient (Wildman–Crippen LogP) is 2.56. The number of carboxylic acids is 1. The van der Waals surface area contributed by atoms with E-state index in [2.05, 4.69) is 15.3 Å². The van der Waals surface area contributed by atoms with E-state index in [-0.39, 0.29) is 5.56 Å². The molecule has 0 aliphatic heterocycles. The molecule has 0 saturated heterocycles. The third-order valence-electron chi connectivity index (χ3n) is 3.51. The number of hydrogen-bond donors (Lipinski definition) is 2. The van der Waals surface area contributed by atoms with Gasteiger partial charge in [-0.3, -0.25) is 0 Å². The van der Waals surface area contributed by atoms with Crippen LogP contribution in [0.2, 0.25) is 0 Å². The average Bonchev–Trinajstić information content (AvgIpc) is 2.40. The molecule has 2 N–H and O–H groups in total. The molecule has 1 aromatic heterocycles. The molecule has 0 bridgehead atoms. The molecule has 0 amide bonds. The minimum absolute atomic E-state index is 0.140. The maximum Gasteiger partial charge on any atom is 0.341 e. The monoisotopic (exact) mass is 249 g/mol. The van der Waals surface area contributed by atoms with Crippen LogP contribution in [0, 0.1) is 5.92 Å². The Morgan fingerprint density at radius 1 is 1.39 bits per heavy atom. The van der Waals surface area contributed by atoms with E-state index < -0.39 is 5.97 Å². The molecule has 18 heavy (non-hydrogen) atoms. The molecule has 5 heteroatoms. The third-order valence-corrected chi connectivity index (χ3v) is 3.51. The largest absolute Gasteiger partial charge is 0.477 e. The van der Waals surface area contributed by atoms with Crippen molar-refractivity contribution < 1.29 is 9.90 Å². The van der Waals surface area contributed by atoms with Crippen LogP contribution in [0.1, 0.15) is 48.9 Å². The fourth-order valence-corrected chi connectivity index (χ4v) is 2.50. The van der Waals surface area contributed by atoms with E-state index in [4.69, 9.17) is 5.11 Å². The van der Waals surface area contributed by atoms with E-state index in [9.17, 15) is 4.79 Å². The summed E-state index contributed by atoms with van der Waals surface area (Å²) in [7, 11) is 0. The van der Waals surface area contributed by atoms with Crippen molar-refractivity contribution in [2.24, 2.45) is 5.92 Å². The second-order valence-corrected chi connectivity index (χ2v) is 4.81. The maximum atomic E-state index is 11.0. The van der Waals surface area contributed by atoms with Gasteiger partial charge >= 0.3 is 5.97 Å². The van der Waals surface area contributed by atoms with Gasteiger partial charge in [-0.15, -0.1) is 0 Å². The SMILES string of the molecule is O=C(O)c1cncnc1NCCC1CCCCC1. The minimum atomic E-state index is -0.990. The van der Waals surface area contributed by atoms with Crippen LogP contribution in [0.4, 0.5) is 5.82 Å². The van der Waals surface area contributed by atoms with Crippen molar-refractivity contribution in [2.75, 3.05) is 11.9 Å². The van der Waals surface area contributed by atoms with E-state index in [0.717, 1.165) is 18.9 Å². The molecule has 98 valence electrons. The second kappa shape index (κ2) is 6.33. The Balaban J connectivity index is 1.84. The summed E-state index contributed by atoms with van der Waals surface area (Å²) in [6.07, 6.45) is 10.4. The van der Waals surface area contributed by atoms with Gasteiger partial charge in [-0.1, -0.05) is 32.1 Å². The van der Waals surface area contributed by atoms with Crippen LogP contribution in [0.3, 0.4) is 0 Å². The van der Waals surface area contributed by atoms with Gasteiger partial charge in [0.15, 0.2) is 0 Å². The van der Waals surface area contributed by atoms with Gasteiger partial charge in [0.05, 0.1) is 0 Å². The molecule has 2 rings (SSSR count). The lowest BCUT2D eigenvalue weighted by Crippen LogP contribution is -2.14. The molecular weight excluding hydrogens is 230 g/mol.